The number of halogens is 2. The molecule has 0 fully saturated rings. The van der Waals surface area contributed by atoms with Gasteiger partial charge in [-0.25, -0.2) is 4.79 Å². The predicted octanol–water partition coefficient (Wildman–Crippen LogP) is 4.08. The van der Waals surface area contributed by atoms with Crippen molar-refractivity contribution in [2.24, 2.45) is 0 Å². The fourth-order valence-corrected chi connectivity index (χ4v) is 3.60. The van der Waals surface area contributed by atoms with Crippen LogP contribution in [0.2, 0.25) is 10.0 Å². The van der Waals surface area contributed by atoms with Crippen molar-refractivity contribution in [3.05, 3.63) is 72.5 Å². The Bertz CT molecular complexity index is 1250. The van der Waals surface area contributed by atoms with Crippen LogP contribution in [0.25, 0.3) is 11.0 Å². The van der Waals surface area contributed by atoms with E-state index in [9.17, 15) is 23.3 Å². The van der Waals surface area contributed by atoms with Crippen LogP contribution in [0.1, 0.15) is 5.56 Å². The summed E-state index contributed by atoms with van der Waals surface area (Å²) >= 11 is 11.5. The molecule has 3 aromatic rings. The minimum atomic E-state index is -4.39. The lowest BCUT2D eigenvalue weighted by Crippen LogP contribution is -2.10. The van der Waals surface area contributed by atoms with E-state index in [0.29, 0.717) is 10.9 Å². The second kappa shape index (κ2) is 6.84. The Morgan fingerprint density at radius 2 is 1.85 bits per heavy atom. The van der Waals surface area contributed by atoms with Crippen LogP contribution < -0.4 is 9.81 Å². The summed E-state index contributed by atoms with van der Waals surface area (Å²) in [7, 11) is -4.39. The van der Waals surface area contributed by atoms with E-state index in [1.807, 2.05) is 0 Å². The molecule has 0 amide bonds. The number of hydrogen-bond donors (Lipinski definition) is 0. The van der Waals surface area contributed by atoms with Gasteiger partial charge in [0, 0.05) is 17.5 Å². The van der Waals surface area contributed by atoms with E-state index >= 15 is 0 Å². The lowest BCUT2D eigenvalue weighted by atomic mass is 10.1. The number of benzene rings is 2. The molecule has 0 unspecified atom stereocenters. The highest BCUT2D eigenvalue weighted by molar-refractivity contribution is 7.87. The Morgan fingerprint density at radius 1 is 1.15 bits per heavy atom. The molecule has 1 heterocycles. The number of hydrogen-bond acceptors (Lipinski definition) is 7. The highest BCUT2D eigenvalue weighted by Crippen LogP contribution is 2.30. The van der Waals surface area contributed by atoms with E-state index in [4.69, 9.17) is 31.8 Å². The lowest BCUT2D eigenvalue weighted by molar-refractivity contribution is -0.384. The van der Waals surface area contributed by atoms with Crippen LogP contribution in [-0.2, 0) is 10.1 Å². The predicted molar refractivity (Wildman–Crippen MR) is 98.2 cm³/mol. The van der Waals surface area contributed by atoms with Crippen LogP contribution in [-0.4, -0.2) is 13.3 Å². The summed E-state index contributed by atoms with van der Waals surface area (Å²) in [5, 5.41) is 11.2. The summed E-state index contributed by atoms with van der Waals surface area (Å²) in [6.07, 6.45) is 0. The van der Waals surface area contributed by atoms with E-state index in [-0.39, 0.29) is 21.4 Å². The van der Waals surface area contributed by atoms with Gasteiger partial charge >= 0.3 is 15.7 Å². The van der Waals surface area contributed by atoms with E-state index < -0.39 is 31.2 Å². The summed E-state index contributed by atoms with van der Waals surface area (Å²) in [6.45, 7) is 1.62. The Kier molecular flexibility index (Phi) is 4.85. The van der Waals surface area contributed by atoms with Gasteiger partial charge in [-0.2, -0.15) is 8.42 Å². The first kappa shape index (κ1) is 19.2. The van der Waals surface area contributed by atoms with Crippen molar-refractivity contribution in [1.82, 2.24) is 0 Å². The fourth-order valence-electron chi connectivity index (χ4n) is 2.33. The molecule has 8 nitrogen and oxygen atoms in total. The van der Waals surface area contributed by atoms with Crippen LogP contribution in [0.15, 0.2) is 50.5 Å². The van der Waals surface area contributed by atoms with Gasteiger partial charge < -0.3 is 8.60 Å². The molecule has 0 radical (unpaired) electrons. The maximum Gasteiger partial charge on any atom is 0.355 e. The molecular formula is C16H9Cl2NO7S. The quantitative estimate of drug-likeness (QED) is 0.265. The molecule has 0 saturated heterocycles. The van der Waals surface area contributed by atoms with Gasteiger partial charge in [-0.05, 0) is 36.8 Å². The number of nitro groups is 1. The Labute approximate surface area is 162 Å². The SMILES string of the molecule is Cc1c(Cl)c(=O)oc2cc(OS(=O)(=O)c3ccc(Cl)c([N+](=O)[O-])c3)ccc12. The van der Waals surface area contributed by atoms with Crippen LogP contribution in [0.3, 0.4) is 0 Å². The third kappa shape index (κ3) is 3.61. The Morgan fingerprint density at radius 3 is 2.52 bits per heavy atom. The molecule has 140 valence electrons. The van der Waals surface area contributed by atoms with Crippen molar-refractivity contribution in [3.8, 4) is 5.75 Å². The number of rotatable bonds is 4. The summed E-state index contributed by atoms with van der Waals surface area (Å²) in [6, 6.07) is 6.99. The summed E-state index contributed by atoms with van der Waals surface area (Å²) < 4.78 is 34.8. The van der Waals surface area contributed by atoms with Crippen LogP contribution in [0.4, 0.5) is 5.69 Å². The normalized spacial score (nSPS) is 11.5. The topological polar surface area (TPSA) is 117 Å². The first-order valence-electron chi connectivity index (χ1n) is 7.21. The third-order valence-electron chi connectivity index (χ3n) is 3.68. The maximum absolute atomic E-state index is 12.4. The van der Waals surface area contributed by atoms with Gasteiger partial charge in [0.1, 0.15) is 26.3 Å². The molecule has 11 heteroatoms. The standard InChI is InChI=1S/C16H9Cl2NO7S/c1-8-11-4-2-9(6-14(11)25-16(20)15(8)18)26-27(23,24)10-3-5-12(17)13(7-10)19(21)22/h2-7H,1H3. The summed E-state index contributed by atoms with van der Waals surface area (Å²) in [5.41, 5.74) is -0.784. The minimum absolute atomic E-state index is 0.0720. The average molecular weight is 430 g/mol. The molecule has 0 aliphatic heterocycles. The average Bonchev–Trinajstić information content (AvgIpc) is 2.59. The molecule has 0 aliphatic carbocycles. The van der Waals surface area contributed by atoms with Crippen molar-refractivity contribution in [2.75, 3.05) is 0 Å². The smallest absolute Gasteiger partial charge is 0.355 e. The van der Waals surface area contributed by atoms with Gasteiger partial charge in [-0.1, -0.05) is 23.2 Å². The Hall–Kier alpha value is -2.62. The number of fused-ring (bicyclic) bond motifs is 1. The van der Waals surface area contributed by atoms with Gasteiger partial charge in [0.2, 0.25) is 0 Å². The van der Waals surface area contributed by atoms with E-state index in [1.54, 1.807) is 6.92 Å². The second-order valence-electron chi connectivity index (χ2n) is 5.39. The number of nitro benzene ring substituents is 1. The minimum Gasteiger partial charge on any atom is -0.421 e. The fraction of sp³-hybridized carbons (Fsp3) is 0.0625. The first-order chi connectivity index (χ1) is 12.6. The summed E-state index contributed by atoms with van der Waals surface area (Å²) in [4.78, 5) is 21.3. The zero-order chi connectivity index (χ0) is 19.9. The van der Waals surface area contributed by atoms with Crippen molar-refractivity contribution in [2.45, 2.75) is 11.8 Å². The van der Waals surface area contributed by atoms with Crippen molar-refractivity contribution in [3.63, 3.8) is 0 Å². The number of nitrogens with zero attached hydrogens (tertiary/aromatic N) is 1. The molecule has 3 rings (SSSR count). The molecule has 2 aromatic carbocycles. The molecule has 0 spiro atoms. The molecule has 27 heavy (non-hydrogen) atoms. The van der Waals surface area contributed by atoms with Crippen molar-refractivity contribution >= 4 is 50.0 Å². The van der Waals surface area contributed by atoms with Gasteiger partial charge in [-0.15, -0.1) is 0 Å². The lowest BCUT2D eigenvalue weighted by Gasteiger charge is -2.09. The number of aryl methyl sites for hydroxylation is 1. The second-order valence-corrected chi connectivity index (χ2v) is 7.73. The highest BCUT2D eigenvalue weighted by atomic mass is 35.5. The molecule has 0 saturated carbocycles. The maximum atomic E-state index is 12.4. The van der Waals surface area contributed by atoms with E-state index in [0.717, 1.165) is 18.2 Å². The van der Waals surface area contributed by atoms with Gasteiger partial charge in [-0.3, -0.25) is 10.1 Å². The molecule has 0 N–H and O–H groups in total. The Balaban J connectivity index is 2.04. The van der Waals surface area contributed by atoms with Crippen LogP contribution >= 0.6 is 23.2 Å². The summed E-state index contributed by atoms with van der Waals surface area (Å²) in [5.74, 6) is -0.148. The van der Waals surface area contributed by atoms with E-state index in [2.05, 4.69) is 0 Å². The zero-order valence-corrected chi connectivity index (χ0v) is 15.8. The third-order valence-corrected chi connectivity index (χ3v) is 5.68. The molecule has 0 atom stereocenters. The van der Waals surface area contributed by atoms with Gasteiger partial charge in [0.25, 0.3) is 5.69 Å². The van der Waals surface area contributed by atoms with Crippen molar-refractivity contribution < 1.29 is 21.9 Å². The molecule has 1 aromatic heterocycles. The van der Waals surface area contributed by atoms with Crippen molar-refractivity contribution in [1.29, 1.82) is 0 Å². The monoisotopic (exact) mass is 429 g/mol. The highest BCUT2D eigenvalue weighted by Gasteiger charge is 2.23. The molecule has 0 aliphatic rings. The molecule has 0 bridgehead atoms. The van der Waals surface area contributed by atoms with E-state index in [1.165, 1.54) is 18.2 Å². The first-order valence-corrected chi connectivity index (χ1v) is 9.38. The van der Waals surface area contributed by atoms with Gasteiger partial charge in [0.05, 0.1) is 4.92 Å². The van der Waals surface area contributed by atoms with Crippen LogP contribution in [0, 0.1) is 17.0 Å². The van der Waals surface area contributed by atoms with Gasteiger partial charge in [0.15, 0.2) is 0 Å². The zero-order valence-electron chi connectivity index (χ0n) is 13.4. The van der Waals surface area contributed by atoms with Crippen LogP contribution in [0.5, 0.6) is 5.75 Å². The largest absolute Gasteiger partial charge is 0.421 e. The molecular weight excluding hydrogens is 421 g/mol.